The van der Waals surface area contributed by atoms with Crippen LogP contribution in [-0.4, -0.2) is 53.9 Å². The van der Waals surface area contributed by atoms with Gasteiger partial charge in [-0.25, -0.2) is 19.6 Å². The summed E-state index contributed by atoms with van der Waals surface area (Å²) in [4.78, 5) is 28.5. The molecule has 0 spiro atoms. The molecule has 8 N–H and O–H groups in total. The molecule has 0 saturated heterocycles. The summed E-state index contributed by atoms with van der Waals surface area (Å²) in [5, 5.41) is 5.03. The summed E-state index contributed by atoms with van der Waals surface area (Å²) in [7, 11) is -5.17. The lowest BCUT2D eigenvalue weighted by molar-refractivity contribution is -0.377. The molecule has 2 amide bonds. The Bertz CT molecular complexity index is 757. The zero-order chi connectivity index (χ0) is 20.1. The number of carbonyl (C=O) groups excluding carboxylic acids is 2. The molecule has 0 radical (unpaired) electrons. The lowest BCUT2D eigenvalue weighted by atomic mass is 10.4. The second-order valence-corrected chi connectivity index (χ2v) is 5.33. The highest BCUT2D eigenvalue weighted by molar-refractivity contribution is 7.79. The molecule has 2 aromatic rings. The van der Waals surface area contributed by atoms with Crippen LogP contribution < -0.4 is 20.6 Å². The first-order chi connectivity index (χ1) is 12.7. The fourth-order valence-corrected chi connectivity index (χ4v) is 1.52. The van der Waals surface area contributed by atoms with Gasteiger partial charge in [-0.3, -0.25) is 19.1 Å². The van der Waals surface area contributed by atoms with Crippen molar-refractivity contribution in [2.75, 3.05) is 23.8 Å². The summed E-state index contributed by atoms with van der Waals surface area (Å²) in [6.07, 6.45) is 5.41. The SMILES string of the molecule is O.O.O=C(Nc1ccc[nH+]c1)OCCOC(=O)Nc1ccc[nH+]c1.O=S(=O)([O-])[O-]. The number of carbonyl (C=O) groups is 2. The predicted octanol–water partition coefficient (Wildman–Crippen LogP) is -1.88. The van der Waals surface area contributed by atoms with Gasteiger partial charge in [0.2, 0.25) is 0 Å². The van der Waals surface area contributed by atoms with E-state index in [1.807, 2.05) is 0 Å². The Morgan fingerprint density at radius 1 is 0.862 bits per heavy atom. The molecule has 0 fully saturated rings. The minimum Gasteiger partial charge on any atom is -0.759 e. The number of ether oxygens (including phenoxy) is 2. The van der Waals surface area contributed by atoms with Crippen LogP contribution in [0.15, 0.2) is 49.1 Å². The van der Waals surface area contributed by atoms with E-state index in [-0.39, 0.29) is 24.2 Å². The number of aromatic amines is 2. The van der Waals surface area contributed by atoms with Gasteiger partial charge in [0.1, 0.15) is 24.6 Å². The van der Waals surface area contributed by atoms with E-state index in [2.05, 4.69) is 20.6 Å². The molecule has 0 aliphatic carbocycles. The average molecular weight is 436 g/mol. The number of hydrogen-bond acceptors (Lipinski definition) is 8. The Morgan fingerprint density at radius 2 is 1.21 bits per heavy atom. The van der Waals surface area contributed by atoms with Crippen molar-refractivity contribution in [1.82, 2.24) is 0 Å². The number of hydrogen-bond donors (Lipinski definition) is 2. The van der Waals surface area contributed by atoms with Gasteiger partial charge < -0.3 is 29.5 Å². The van der Waals surface area contributed by atoms with Gasteiger partial charge in [0.25, 0.3) is 0 Å². The van der Waals surface area contributed by atoms with Crippen molar-refractivity contribution in [2.45, 2.75) is 0 Å². The smallest absolute Gasteiger partial charge is 0.411 e. The Hall–Kier alpha value is -3.37. The molecule has 0 bridgehead atoms. The van der Waals surface area contributed by atoms with Crippen LogP contribution in [0.25, 0.3) is 0 Å². The van der Waals surface area contributed by atoms with Gasteiger partial charge in [-0.1, -0.05) is 0 Å². The molecule has 0 saturated carbocycles. The van der Waals surface area contributed by atoms with Gasteiger partial charge in [0, 0.05) is 22.5 Å². The number of H-pyrrole nitrogens is 2. The molecule has 15 heteroatoms. The van der Waals surface area contributed by atoms with Crippen LogP contribution in [0.4, 0.5) is 21.0 Å². The zero-order valence-electron chi connectivity index (χ0n) is 14.7. The number of amides is 2. The number of anilines is 2. The monoisotopic (exact) mass is 436 g/mol. The maximum atomic E-state index is 11.4. The maximum Gasteiger partial charge on any atom is 0.411 e. The third kappa shape index (κ3) is 16.5. The van der Waals surface area contributed by atoms with E-state index < -0.39 is 22.6 Å². The molecule has 0 aliphatic heterocycles. The number of rotatable bonds is 5. The van der Waals surface area contributed by atoms with Crippen LogP contribution in [0.5, 0.6) is 0 Å². The average Bonchev–Trinajstić information content (AvgIpc) is 2.59. The van der Waals surface area contributed by atoms with Gasteiger partial charge in [0.15, 0.2) is 24.8 Å². The molecule has 2 heterocycles. The highest BCUT2D eigenvalue weighted by Crippen LogP contribution is 2.02. The van der Waals surface area contributed by atoms with E-state index >= 15 is 0 Å². The number of nitrogens with one attached hydrogen (secondary N) is 4. The fraction of sp³-hybridized carbons (Fsp3) is 0.143. The van der Waals surface area contributed by atoms with Crippen molar-refractivity contribution in [3.63, 3.8) is 0 Å². The molecule has 0 aliphatic rings. The topological polar surface area (TPSA) is 248 Å². The molecule has 0 unspecified atom stereocenters. The summed E-state index contributed by atoms with van der Waals surface area (Å²) < 4.78 is 43.8. The van der Waals surface area contributed by atoms with Crippen molar-refractivity contribution in [3.8, 4) is 0 Å². The van der Waals surface area contributed by atoms with Gasteiger partial charge in [0.05, 0.1) is 0 Å². The van der Waals surface area contributed by atoms with Crippen LogP contribution in [0, 0.1) is 0 Å². The predicted molar refractivity (Wildman–Crippen MR) is 93.6 cm³/mol. The van der Waals surface area contributed by atoms with Crippen molar-refractivity contribution < 1.29 is 57.5 Å². The first-order valence-corrected chi connectivity index (χ1v) is 8.54. The molecule has 0 atom stereocenters. The number of pyridine rings is 2. The van der Waals surface area contributed by atoms with Gasteiger partial charge in [-0.15, -0.1) is 0 Å². The molecule has 2 rings (SSSR count). The lowest BCUT2D eigenvalue weighted by Gasteiger charge is -2.07. The quantitative estimate of drug-likeness (QED) is 0.304. The maximum absolute atomic E-state index is 11.4. The van der Waals surface area contributed by atoms with Crippen molar-refractivity contribution >= 4 is 34.0 Å². The van der Waals surface area contributed by atoms with E-state index in [4.69, 9.17) is 27.0 Å². The second kappa shape index (κ2) is 14.7. The fourth-order valence-electron chi connectivity index (χ4n) is 1.52. The van der Waals surface area contributed by atoms with Gasteiger partial charge >= 0.3 is 12.2 Å². The number of aromatic nitrogens is 2. The van der Waals surface area contributed by atoms with Crippen LogP contribution in [0.2, 0.25) is 0 Å². The van der Waals surface area contributed by atoms with E-state index in [1.54, 1.807) is 49.1 Å². The minimum atomic E-state index is -5.17. The first-order valence-electron chi connectivity index (χ1n) is 7.20. The van der Waals surface area contributed by atoms with E-state index in [0.717, 1.165) is 0 Å². The molecule has 162 valence electrons. The van der Waals surface area contributed by atoms with Crippen molar-refractivity contribution in [2.24, 2.45) is 0 Å². The Labute approximate surface area is 165 Å². The molecular formula is C14H20N4O10S. The van der Waals surface area contributed by atoms with E-state index in [1.165, 1.54) is 0 Å². The molecule has 29 heavy (non-hydrogen) atoms. The van der Waals surface area contributed by atoms with E-state index in [9.17, 15) is 9.59 Å². The molecular weight excluding hydrogens is 416 g/mol. The summed E-state index contributed by atoms with van der Waals surface area (Å²) in [6, 6.07) is 6.89. The van der Waals surface area contributed by atoms with Crippen molar-refractivity contribution in [1.29, 1.82) is 0 Å². The Kier molecular flexibility index (Phi) is 14.1. The standard InChI is InChI=1S/C14H14N4O4.H2O4S.2H2O/c19-13(17-11-3-1-5-15-9-11)21-7-8-22-14(20)18-12-4-2-6-16-10-12;1-5(2,3)4;;/h1-6,9-10H,7-8H2,(H,17,19)(H,18,20);(H2,1,2,3,4);2*1H2. The molecule has 2 aromatic heterocycles. The van der Waals surface area contributed by atoms with Gasteiger partial charge in [-0.2, -0.15) is 0 Å². The third-order valence-electron chi connectivity index (χ3n) is 2.46. The zero-order valence-corrected chi connectivity index (χ0v) is 15.5. The summed E-state index contributed by atoms with van der Waals surface area (Å²) in [5.74, 6) is 0. The lowest BCUT2D eigenvalue weighted by Crippen LogP contribution is -2.21. The van der Waals surface area contributed by atoms with Crippen LogP contribution in [-0.2, 0) is 19.9 Å². The summed E-state index contributed by atoms with van der Waals surface area (Å²) >= 11 is 0. The van der Waals surface area contributed by atoms with Crippen LogP contribution >= 0.6 is 0 Å². The minimum absolute atomic E-state index is 0. The van der Waals surface area contributed by atoms with E-state index in [0.29, 0.717) is 11.4 Å². The third-order valence-corrected chi connectivity index (χ3v) is 2.46. The second-order valence-electron chi connectivity index (χ2n) is 4.51. The summed E-state index contributed by atoms with van der Waals surface area (Å²) in [6.45, 7) is -0.0898. The van der Waals surface area contributed by atoms with Crippen LogP contribution in [0.1, 0.15) is 0 Å². The van der Waals surface area contributed by atoms with Crippen molar-refractivity contribution in [3.05, 3.63) is 49.1 Å². The normalized spacial score (nSPS) is 9.31. The summed E-state index contributed by atoms with van der Waals surface area (Å²) in [5.41, 5.74) is 1.15. The highest BCUT2D eigenvalue weighted by Gasteiger charge is 2.07. The molecule has 0 aromatic carbocycles. The molecule has 14 nitrogen and oxygen atoms in total. The highest BCUT2D eigenvalue weighted by atomic mass is 32.3. The first kappa shape index (κ1) is 27.8. The van der Waals surface area contributed by atoms with Gasteiger partial charge in [-0.05, 0) is 12.1 Å². The largest absolute Gasteiger partial charge is 0.759 e. The Morgan fingerprint density at radius 3 is 1.48 bits per heavy atom. The van der Waals surface area contributed by atoms with Crippen LogP contribution in [0.3, 0.4) is 0 Å². The Balaban J connectivity index is 0.